The van der Waals surface area contributed by atoms with E-state index in [1.807, 2.05) is 18.2 Å². The van der Waals surface area contributed by atoms with Gasteiger partial charge in [0.2, 0.25) is 0 Å². The summed E-state index contributed by atoms with van der Waals surface area (Å²) < 4.78 is 13.3. The Labute approximate surface area is 126 Å². The smallest absolute Gasteiger partial charge is 0.0628 e. The van der Waals surface area contributed by atoms with Crippen molar-refractivity contribution in [2.45, 2.75) is 36.6 Å². The van der Waals surface area contributed by atoms with Gasteiger partial charge in [-0.15, -0.1) is 0 Å². The molecule has 1 aliphatic rings. The molecule has 0 radical (unpaired) electrons. The second-order valence-corrected chi connectivity index (χ2v) is 7.61. The molecular formula is C14H21BrN2OS. The van der Waals surface area contributed by atoms with Crippen molar-refractivity contribution in [3.8, 4) is 0 Å². The van der Waals surface area contributed by atoms with Crippen molar-refractivity contribution in [2.24, 2.45) is 0 Å². The minimum atomic E-state index is -1.00. The van der Waals surface area contributed by atoms with Gasteiger partial charge in [-0.25, -0.2) is 0 Å². The predicted molar refractivity (Wildman–Crippen MR) is 84.7 cm³/mol. The van der Waals surface area contributed by atoms with Crippen molar-refractivity contribution in [1.82, 2.24) is 4.90 Å². The first-order valence-electron chi connectivity index (χ1n) is 6.71. The van der Waals surface area contributed by atoms with Crippen LogP contribution >= 0.6 is 15.9 Å². The first-order chi connectivity index (χ1) is 9.08. The van der Waals surface area contributed by atoms with Gasteiger partial charge in [0.15, 0.2) is 0 Å². The Morgan fingerprint density at radius 2 is 2.26 bits per heavy atom. The largest absolute Gasteiger partial charge is 0.398 e. The maximum Gasteiger partial charge on any atom is 0.0628 e. The molecule has 0 spiro atoms. The number of halogens is 1. The zero-order chi connectivity index (χ0) is 13.8. The number of piperidine rings is 1. The molecule has 1 aliphatic heterocycles. The van der Waals surface area contributed by atoms with E-state index in [-0.39, 0.29) is 0 Å². The van der Waals surface area contributed by atoms with Crippen molar-refractivity contribution < 1.29 is 4.21 Å². The van der Waals surface area contributed by atoms with Gasteiger partial charge in [-0.05, 0) is 51.1 Å². The molecule has 0 aromatic heterocycles. The quantitative estimate of drug-likeness (QED) is 0.854. The summed E-state index contributed by atoms with van der Waals surface area (Å²) in [6.45, 7) is 1.16. The highest BCUT2D eigenvalue weighted by Gasteiger charge is 2.20. The van der Waals surface area contributed by atoms with Crippen LogP contribution < -0.4 is 5.73 Å². The molecule has 1 fully saturated rings. The standard InChI is InChI=1S/C14H21BrN2OS/c1-17-8-3-2-4-12(17)7-9-19(18)14-10-11(15)5-6-13(14)16/h5-6,10,12H,2-4,7-9,16H2,1H3. The van der Waals surface area contributed by atoms with Crippen molar-refractivity contribution in [3.63, 3.8) is 0 Å². The maximum absolute atomic E-state index is 12.4. The van der Waals surface area contributed by atoms with E-state index in [0.717, 1.165) is 22.3 Å². The van der Waals surface area contributed by atoms with Crippen molar-refractivity contribution in [1.29, 1.82) is 0 Å². The van der Waals surface area contributed by atoms with Crippen LogP contribution in [0.5, 0.6) is 0 Å². The van der Waals surface area contributed by atoms with E-state index in [4.69, 9.17) is 5.73 Å². The lowest BCUT2D eigenvalue weighted by atomic mass is 10.0. The van der Waals surface area contributed by atoms with Gasteiger partial charge in [0.1, 0.15) is 0 Å². The van der Waals surface area contributed by atoms with Gasteiger partial charge in [-0.3, -0.25) is 4.21 Å². The number of hydrogen-bond acceptors (Lipinski definition) is 3. The fourth-order valence-electron chi connectivity index (χ4n) is 2.57. The zero-order valence-electron chi connectivity index (χ0n) is 11.3. The van der Waals surface area contributed by atoms with Gasteiger partial charge in [0.25, 0.3) is 0 Å². The van der Waals surface area contributed by atoms with Crippen LogP contribution in [0.4, 0.5) is 5.69 Å². The molecule has 1 heterocycles. The number of benzene rings is 1. The summed E-state index contributed by atoms with van der Waals surface area (Å²) in [7, 11) is 1.16. The van der Waals surface area contributed by atoms with Gasteiger partial charge in [-0.1, -0.05) is 22.4 Å². The minimum Gasteiger partial charge on any atom is -0.398 e. The fraction of sp³-hybridized carbons (Fsp3) is 0.571. The second kappa shape index (κ2) is 6.86. The minimum absolute atomic E-state index is 0.575. The molecule has 2 N–H and O–H groups in total. The number of hydrogen-bond donors (Lipinski definition) is 1. The highest BCUT2D eigenvalue weighted by atomic mass is 79.9. The summed E-state index contributed by atoms with van der Waals surface area (Å²) in [6.07, 6.45) is 4.78. The van der Waals surface area contributed by atoms with E-state index in [2.05, 4.69) is 27.9 Å². The van der Waals surface area contributed by atoms with Crippen LogP contribution in [0.15, 0.2) is 27.6 Å². The molecule has 106 valence electrons. The van der Waals surface area contributed by atoms with Gasteiger partial charge in [0.05, 0.1) is 15.7 Å². The maximum atomic E-state index is 12.4. The molecule has 5 heteroatoms. The lowest BCUT2D eigenvalue weighted by molar-refractivity contribution is 0.182. The van der Waals surface area contributed by atoms with Crippen LogP contribution in [0.1, 0.15) is 25.7 Å². The predicted octanol–water partition coefficient (Wildman–Crippen LogP) is 3.01. The molecule has 0 aliphatic carbocycles. The Morgan fingerprint density at radius 1 is 1.47 bits per heavy atom. The van der Waals surface area contributed by atoms with Gasteiger partial charge < -0.3 is 10.6 Å². The van der Waals surface area contributed by atoms with Crippen molar-refractivity contribution in [2.75, 3.05) is 25.1 Å². The summed E-state index contributed by atoms with van der Waals surface area (Å²) in [4.78, 5) is 3.15. The summed E-state index contributed by atoms with van der Waals surface area (Å²) in [5.74, 6) is 0.690. The Balaban J connectivity index is 1.95. The normalized spacial score (nSPS) is 22.3. The Hall–Kier alpha value is -0.390. The highest BCUT2D eigenvalue weighted by Crippen LogP contribution is 2.24. The number of likely N-dealkylation sites (tertiary alicyclic amines) is 1. The molecule has 0 bridgehead atoms. The molecule has 2 atom stereocenters. The van der Waals surface area contributed by atoms with Crippen LogP contribution in [0, 0.1) is 0 Å². The van der Waals surface area contributed by atoms with Crippen LogP contribution in [-0.2, 0) is 10.8 Å². The number of nitrogen functional groups attached to an aromatic ring is 1. The molecule has 3 nitrogen and oxygen atoms in total. The lowest BCUT2D eigenvalue weighted by Gasteiger charge is -2.32. The molecular weight excluding hydrogens is 324 g/mol. The molecule has 0 saturated carbocycles. The summed E-state index contributed by atoms with van der Waals surface area (Å²) in [5.41, 5.74) is 6.53. The lowest BCUT2D eigenvalue weighted by Crippen LogP contribution is -2.37. The van der Waals surface area contributed by atoms with E-state index >= 15 is 0 Å². The second-order valence-electron chi connectivity index (χ2n) is 5.15. The first kappa shape index (κ1) is 15.0. The molecule has 1 aromatic rings. The van der Waals surface area contributed by atoms with Crippen molar-refractivity contribution >= 4 is 32.4 Å². The average Bonchev–Trinajstić information content (AvgIpc) is 2.40. The third kappa shape index (κ3) is 4.04. The molecule has 2 unspecified atom stereocenters. The van der Waals surface area contributed by atoms with Crippen LogP contribution in [0.3, 0.4) is 0 Å². The van der Waals surface area contributed by atoms with E-state index in [0.29, 0.717) is 17.5 Å². The summed E-state index contributed by atoms with van der Waals surface area (Å²) >= 11 is 3.40. The Morgan fingerprint density at radius 3 is 3.00 bits per heavy atom. The van der Waals surface area contributed by atoms with Gasteiger partial charge in [-0.2, -0.15) is 0 Å². The van der Waals surface area contributed by atoms with Crippen LogP contribution in [0.25, 0.3) is 0 Å². The zero-order valence-corrected chi connectivity index (χ0v) is 13.7. The molecule has 0 amide bonds. The van der Waals surface area contributed by atoms with E-state index in [9.17, 15) is 4.21 Å². The van der Waals surface area contributed by atoms with Crippen LogP contribution in [-0.4, -0.2) is 34.5 Å². The monoisotopic (exact) mass is 344 g/mol. The van der Waals surface area contributed by atoms with Crippen LogP contribution in [0.2, 0.25) is 0 Å². The Kier molecular flexibility index (Phi) is 5.42. The summed E-state index contributed by atoms with van der Waals surface area (Å²) in [6, 6.07) is 6.14. The third-order valence-electron chi connectivity index (χ3n) is 3.78. The van der Waals surface area contributed by atoms with E-state index in [1.54, 1.807) is 0 Å². The summed E-state index contributed by atoms with van der Waals surface area (Å²) in [5, 5.41) is 0. The fourth-order valence-corrected chi connectivity index (χ4v) is 4.38. The third-order valence-corrected chi connectivity index (χ3v) is 5.72. The first-order valence-corrected chi connectivity index (χ1v) is 8.83. The molecule has 19 heavy (non-hydrogen) atoms. The van der Waals surface area contributed by atoms with Crippen molar-refractivity contribution in [3.05, 3.63) is 22.7 Å². The SMILES string of the molecule is CN1CCCCC1CCS(=O)c1cc(Br)ccc1N. The molecule has 1 aromatic carbocycles. The number of nitrogens with two attached hydrogens (primary N) is 1. The Bertz CT molecular complexity index is 467. The number of nitrogens with zero attached hydrogens (tertiary/aromatic N) is 1. The number of rotatable bonds is 4. The van der Waals surface area contributed by atoms with E-state index in [1.165, 1.54) is 19.3 Å². The van der Waals surface area contributed by atoms with Gasteiger partial charge >= 0.3 is 0 Å². The van der Waals surface area contributed by atoms with E-state index < -0.39 is 10.8 Å². The molecule has 2 rings (SSSR count). The topological polar surface area (TPSA) is 46.3 Å². The average molecular weight is 345 g/mol. The van der Waals surface area contributed by atoms with Gasteiger partial charge in [0, 0.05) is 22.0 Å². The highest BCUT2D eigenvalue weighted by molar-refractivity contribution is 9.10. The number of anilines is 1. The molecule has 1 saturated heterocycles.